The fraction of sp³-hybridized carbons (Fsp3) is 0.235. The zero-order chi connectivity index (χ0) is 18.8. The summed E-state index contributed by atoms with van der Waals surface area (Å²) in [6, 6.07) is 4.52. The first-order valence-electron chi connectivity index (χ1n) is 7.61. The highest BCUT2D eigenvalue weighted by Crippen LogP contribution is 2.24. The van der Waals surface area contributed by atoms with E-state index in [-0.39, 0.29) is 29.7 Å². The number of imide groups is 1. The highest BCUT2D eigenvalue weighted by molar-refractivity contribution is 6.01. The van der Waals surface area contributed by atoms with Crippen LogP contribution < -0.4 is 5.63 Å². The molecule has 1 aromatic carbocycles. The SMILES string of the molecule is Cc1c(CC(=O)ON2C(=O)CCC2=O)c(=O)oc2cc(N=C=O)ccc12. The Bertz CT molecular complexity index is 1030. The van der Waals surface area contributed by atoms with Gasteiger partial charge in [-0.3, -0.25) is 9.59 Å². The zero-order valence-electron chi connectivity index (χ0n) is 13.6. The second-order valence-electron chi connectivity index (χ2n) is 5.60. The van der Waals surface area contributed by atoms with Gasteiger partial charge in [0.15, 0.2) is 0 Å². The molecule has 2 amide bonds. The van der Waals surface area contributed by atoms with Gasteiger partial charge in [-0.2, -0.15) is 4.99 Å². The Morgan fingerprint density at radius 2 is 1.96 bits per heavy atom. The van der Waals surface area contributed by atoms with Crippen LogP contribution in [0, 0.1) is 6.92 Å². The summed E-state index contributed by atoms with van der Waals surface area (Å²) in [5.41, 5.74) is 0.236. The first kappa shape index (κ1) is 17.2. The lowest BCUT2D eigenvalue weighted by Gasteiger charge is -2.13. The minimum absolute atomic E-state index is 0.0190. The Morgan fingerprint density at radius 1 is 1.27 bits per heavy atom. The Labute approximate surface area is 145 Å². The second kappa shape index (κ2) is 6.73. The number of carbonyl (C=O) groups excluding carboxylic acids is 4. The molecule has 0 aliphatic carbocycles. The number of fused-ring (bicyclic) bond motifs is 1. The first-order chi connectivity index (χ1) is 12.4. The van der Waals surface area contributed by atoms with Crippen LogP contribution in [0.3, 0.4) is 0 Å². The van der Waals surface area contributed by atoms with Crippen molar-refractivity contribution in [2.75, 3.05) is 0 Å². The van der Waals surface area contributed by atoms with Gasteiger partial charge >= 0.3 is 11.6 Å². The summed E-state index contributed by atoms with van der Waals surface area (Å²) in [6.07, 6.45) is 0.890. The average Bonchev–Trinajstić information content (AvgIpc) is 2.90. The van der Waals surface area contributed by atoms with Crippen molar-refractivity contribution >= 4 is 40.5 Å². The molecule has 0 unspecified atom stereocenters. The molecule has 0 atom stereocenters. The maximum absolute atomic E-state index is 12.2. The fourth-order valence-corrected chi connectivity index (χ4v) is 2.65. The number of benzene rings is 1. The summed E-state index contributed by atoms with van der Waals surface area (Å²) >= 11 is 0. The van der Waals surface area contributed by atoms with E-state index in [2.05, 4.69) is 4.99 Å². The number of hydrogen-bond donors (Lipinski definition) is 0. The molecule has 0 saturated carbocycles. The molecule has 26 heavy (non-hydrogen) atoms. The van der Waals surface area contributed by atoms with Gasteiger partial charge in [-0.15, -0.1) is 5.06 Å². The predicted molar refractivity (Wildman–Crippen MR) is 85.9 cm³/mol. The molecule has 1 aliphatic rings. The van der Waals surface area contributed by atoms with Crippen LogP contribution in [0.4, 0.5) is 5.69 Å². The average molecular weight is 356 g/mol. The third-order valence-corrected chi connectivity index (χ3v) is 3.97. The van der Waals surface area contributed by atoms with Crippen molar-refractivity contribution in [3.63, 3.8) is 0 Å². The number of isocyanates is 1. The van der Waals surface area contributed by atoms with E-state index in [9.17, 15) is 24.0 Å². The van der Waals surface area contributed by atoms with Crippen LogP contribution in [0.15, 0.2) is 32.4 Å². The van der Waals surface area contributed by atoms with Crippen LogP contribution in [0.1, 0.15) is 24.0 Å². The lowest BCUT2D eigenvalue weighted by atomic mass is 10.0. The maximum atomic E-state index is 12.2. The van der Waals surface area contributed by atoms with Gasteiger partial charge in [-0.25, -0.2) is 14.4 Å². The molecule has 2 aromatic rings. The second-order valence-corrected chi connectivity index (χ2v) is 5.60. The van der Waals surface area contributed by atoms with Gasteiger partial charge in [0.05, 0.1) is 17.7 Å². The van der Waals surface area contributed by atoms with E-state index in [1.54, 1.807) is 13.0 Å². The summed E-state index contributed by atoms with van der Waals surface area (Å²) in [6.45, 7) is 1.62. The van der Waals surface area contributed by atoms with E-state index in [1.165, 1.54) is 18.2 Å². The van der Waals surface area contributed by atoms with Crippen molar-refractivity contribution in [1.82, 2.24) is 5.06 Å². The highest BCUT2D eigenvalue weighted by atomic mass is 16.7. The Balaban J connectivity index is 1.90. The van der Waals surface area contributed by atoms with E-state index in [0.29, 0.717) is 16.0 Å². The number of aryl methyl sites for hydroxylation is 1. The summed E-state index contributed by atoms with van der Waals surface area (Å²) in [5, 5.41) is 0.968. The smallest absolute Gasteiger partial charge is 0.340 e. The third kappa shape index (κ3) is 3.15. The van der Waals surface area contributed by atoms with Crippen LogP contribution in [-0.2, 0) is 30.4 Å². The molecule has 0 spiro atoms. The number of hydrogen-bond acceptors (Lipinski definition) is 8. The summed E-state index contributed by atoms with van der Waals surface area (Å²) in [7, 11) is 0. The van der Waals surface area contributed by atoms with Gasteiger partial charge in [-0.05, 0) is 24.6 Å². The summed E-state index contributed by atoms with van der Waals surface area (Å²) < 4.78 is 5.17. The number of carbonyl (C=O) groups is 3. The predicted octanol–water partition coefficient (Wildman–Crippen LogP) is 1.22. The van der Waals surface area contributed by atoms with E-state index in [4.69, 9.17) is 9.25 Å². The van der Waals surface area contributed by atoms with Gasteiger partial charge < -0.3 is 9.25 Å². The first-order valence-corrected chi connectivity index (χ1v) is 7.61. The normalized spacial score (nSPS) is 13.8. The van der Waals surface area contributed by atoms with Crippen LogP contribution >= 0.6 is 0 Å². The molecule has 9 nitrogen and oxygen atoms in total. The molecule has 3 rings (SSSR count). The van der Waals surface area contributed by atoms with Gasteiger partial charge in [0.2, 0.25) is 6.08 Å². The molecule has 132 valence electrons. The maximum Gasteiger partial charge on any atom is 0.340 e. The Morgan fingerprint density at radius 3 is 2.62 bits per heavy atom. The minimum Gasteiger partial charge on any atom is -0.422 e. The van der Waals surface area contributed by atoms with Crippen LogP contribution in [0.2, 0.25) is 0 Å². The number of nitrogens with zero attached hydrogens (tertiary/aromatic N) is 2. The molecule has 1 fully saturated rings. The van der Waals surface area contributed by atoms with Crippen LogP contribution in [0.5, 0.6) is 0 Å². The lowest BCUT2D eigenvalue weighted by molar-refractivity contribution is -0.197. The number of rotatable bonds is 4. The standard InChI is InChI=1S/C17H12N2O7/c1-9-11-3-2-10(18-8-20)6-13(11)25-17(24)12(9)7-16(23)26-19-14(21)4-5-15(19)22/h2-3,6H,4-5,7H2,1H3. The molecule has 2 heterocycles. The monoisotopic (exact) mass is 356 g/mol. The Hall–Kier alpha value is -3.58. The zero-order valence-corrected chi connectivity index (χ0v) is 13.6. The Kier molecular flexibility index (Phi) is 4.47. The van der Waals surface area contributed by atoms with Crippen molar-refractivity contribution in [2.24, 2.45) is 4.99 Å². The molecule has 0 radical (unpaired) electrons. The lowest BCUT2D eigenvalue weighted by Crippen LogP contribution is -2.33. The molecule has 9 heteroatoms. The van der Waals surface area contributed by atoms with Crippen molar-refractivity contribution < 1.29 is 28.4 Å². The largest absolute Gasteiger partial charge is 0.422 e. The van der Waals surface area contributed by atoms with E-state index in [1.807, 2.05) is 0 Å². The molecule has 0 bridgehead atoms. The van der Waals surface area contributed by atoms with E-state index in [0.717, 1.165) is 0 Å². The van der Waals surface area contributed by atoms with Crippen molar-refractivity contribution in [2.45, 2.75) is 26.2 Å². The van der Waals surface area contributed by atoms with Crippen molar-refractivity contribution in [3.8, 4) is 0 Å². The van der Waals surface area contributed by atoms with Gasteiger partial charge in [-0.1, -0.05) is 0 Å². The van der Waals surface area contributed by atoms with Gasteiger partial charge in [0, 0.05) is 24.3 Å². The quantitative estimate of drug-likeness (QED) is 0.349. The van der Waals surface area contributed by atoms with Crippen molar-refractivity contribution in [3.05, 3.63) is 39.7 Å². The topological polar surface area (TPSA) is 123 Å². The van der Waals surface area contributed by atoms with E-state index < -0.39 is 29.8 Å². The van der Waals surface area contributed by atoms with E-state index >= 15 is 0 Å². The van der Waals surface area contributed by atoms with Crippen LogP contribution in [0.25, 0.3) is 11.0 Å². The summed E-state index contributed by atoms with van der Waals surface area (Å²) in [4.78, 5) is 65.7. The van der Waals surface area contributed by atoms with Gasteiger partial charge in [0.25, 0.3) is 11.8 Å². The molecule has 0 N–H and O–H groups in total. The molecule has 1 saturated heterocycles. The van der Waals surface area contributed by atoms with Crippen LogP contribution in [-0.4, -0.2) is 28.9 Å². The molecular weight excluding hydrogens is 344 g/mol. The number of amides is 2. The number of hydroxylamine groups is 2. The minimum atomic E-state index is -0.925. The third-order valence-electron chi connectivity index (χ3n) is 3.97. The summed E-state index contributed by atoms with van der Waals surface area (Å²) in [5.74, 6) is -2.13. The molecular formula is C17H12N2O7. The van der Waals surface area contributed by atoms with Gasteiger partial charge in [0.1, 0.15) is 5.58 Å². The fourth-order valence-electron chi connectivity index (χ4n) is 2.65. The number of aliphatic imine (C=N–C) groups is 1. The molecule has 1 aromatic heterocycles. The highest BCUT2D eigenvalue weighted by Gasteiger charge is 2.33. The van der Waals surface area contributed by atoms with Crippen molar-refractivity contribution in [1.29, 1.82) is 0 Å². The molecule has 1 aliphatic heterocycles.